The zero-order valence-electron chi connectivity index (χ0n) is 11.3. The number of benzene rings is 1. The lowest BCUT2D eigenvalue weighted by atomic mass is 9.81. The van der Waals surface area contributed by atoms with Gasteiger partial charge in [-0.05, 0) is 45.1 Å². The Hall–Kier alpha value is -0.670. The minimum atomic E-state index is -0.898. The minimum absolute atomic E-state index is 0.162. The molecular weight excluding hydrogens is 242 g/mol. The molecule has 0 radical (unpaired) electrons. The molecule has 0 unspecified atom stereocenters. The van der Waals surface area contributed by atoms with Gasteiger partial charge >= 0.3 is 0 Å². The Labute approximate surface area is 112 Å². The Morgan fingerprint density at radius 3 is 2.33 bits per heavy atom. The van der Waals surface area contributed by atoms with Gasteiger partial charge in [0.05, 0.1) is 10.8 Å². The van der Waals surface area contributed by atoms with Gasteiger partial charge < -0.3 is 0 Å². The fraction of sp³-hybridized carbons (Fsp3) is 0.600. The van der Waals surface area contributed by atoms with Crippen LogP contribution in [-0.2, 0) is 11.0 Å². The fourth-order valence-electron chi connectivity index (χ4n) is 3.15. The zero-order chi connectivity index (χ0) is 12.9. The Morgan fingerprint density at radius 2 is 1.78 bits per heavy atom. The van der Waals surface area contributed by atoms with Crippen LogP contribution < -0.4 is 0 Å². The van der Waals surface area contributed by atoms with Crippen molar-refractivity contribution in [2.75, 3.05) is 0 Å². The van der Waals surface area contributed by atoms with Gasteiger partial charge in [-0.25, -0.2) is 8.51 Å². The third kappa shape index (κ3) is 1.84. The molecule has 2 heterocycles. The molecule has 3 aliphatic rings. The minimum Gasteiger partial charge on any atom is -0.242 e. The lowest BCUT2D eigenvalue weighted by Crippen LogP contribution is -2.40. The molecule has 3 fully saturated rings. The molecule has 18 heavy (non-hydrogen) atoms. The molecule has 0 N–H and O–H groups in total. The van der Waals surface area contributed by atoms with Crippen molar-refractivity contribution in [3.63, 3.8) is 0 Å². The van der Waals surface area contributed by atoms with E-state index in [0.29, 0.717) is 18.0 Å². The Kier molecular flexibility index (Phi) is 2.87. The molecule has 2 saturated heterocycles. The Bertz CT molecular complexity index is 459. The second kappa shape index (κ2) is 4.17. The second-order valence-electron chi connectivity index (χ2n) is 6.46. The van der Waals surface area contributed by atoms with Gasteiger partial charge in [0.2, 0.25) is 0 Å². The molecule has 1 aromatic carbocycles. The van der Waals surface area contributed by atoms with E-state index in [1.165, 1.54) is 18.4 Å². The maximum atomic E-state index is 12.7. The van der Waals surface area contributed by atoms with Crippen LogP contribution in [0.3, 0.4) is 0 Å². The summed E-state index contributed by atoms with van der Waals surface area (Å²) in [7, 11) is -0.898. The summed E-state index contributed by atoms with van der Waals surface area (Å²) in [5, 5.41) is 0. The lowest BCUT2D eigenvalue weighted by molar-refractivity contribution is 0.331. The van der Waals surface area contributed by atoms with Crippen LogP contribution in [0.4, 0.5) is 0 Å². The molecule has 0 aromatic heterocycles. The van der Waals surface area contributed by atoms with E-state index in [0.717, 1.165) is 0 Å². The van der Waals surface area contributed by atoms with E-state index in [-0.39, 0.29) is 4.75 Å². The molecule has 2 nitrogen and oxygen atoms in total. The largest absolute Gasteiger partial charge is 0.242 e. The lowest BCUT2D eigenvalue weighted by Gasteiger charge is -2.31. The molecule has 1 saturated carbocycles. The van der Waals surface area contributed by atoms with Crippen molar-refractivity contribution in [1.82, 2.24) is 4.31 Å². The molecule has 3 heteroatoms. The Morgan fingerprint density at radius 1 is 1.17 bits per heavy atom. The first-order valence-corrected chi connectivity index (χ1v) is 7.84. The third-order valence-corrected chi connectivity index (χ3v) is 6.04. The van der Waals surface area contributed by atoms with E-state index in [1.54, 1.807) is 0 Å². The highest BCUT2D eigenvalue weighted by Crippen LogP contribution is 2.55. The van der Waals surface area contributed by atoms with Crippen molar-refractivity contribution in [1.29, 1.82) is 0 Å². The van der Waals surface area contributed by atoms with Crippen molar-refractivity contribution < 1.29 is 4.21 Å². The molecule has 2 bridgehead atoms. The molecule has 2 atom stereocenters. The molecule has 0 spiro atoms. The van der Waals surface area contributed by atoms with Crippen LogP contribution in [0.2, 0.25) is 0 Å². The van der Waals surface area contributed by atoms with Crippen LogP contribution in [0.1, 0.15) is 45.2 Å². The summed E-state index contributed by atoms with van der Waals surface area (Å²) >= 11 is 0. The average molecular weight is 263 g/mol. The van der Waals surface area contributed by atoms with Crippen molar-refractivity contribution in [3.8, 4) is 0 Å². The van der Waals surface area contributed by atoms with Gasteiger partial charge in [-0.2, -0.15) is 0 Å². The predicted octanol–water partition coefficient (Wildman–Crippen LogP) is 3.28. The fourth-order valence-corrected chi connectivity index (χ4v) is 4.73. The first kappa shape index (κ1) is 12.4. The molecule has 98 valence electrons. The number of fused-ring (bicyclic) bond motifs is 1. The topological polar surface area (TPSA) is 20.3 Å². The van der Waals surface area contributed by atoms with Gasteiger partial charge in [0.1, 0.15) is 11.0 Å². The van der Waals surface area contributed by atoms with Crippen LogP contribution in [0, 0.1) is 5.92 Å². The first-order valence-electron chi connectivity index (χ1n) is 6.74. The summed E-state index contributed by atoms with van der Waals surface area (Å²) in [6.07, 6.45) is 2.45. The summed E-state index contributed by atoms with van der Waals surface area (Å²) in [6, 6.07) is 11.5. The first-order chi connectivity index (χ1) is 8.48. The molecule has 4 rings (SSSR count). The zero-order valence-corrected chi connectivity index (χ0v) is 12.1. The van der Waals surface area contributed by atoms with Gasteiger partial charge in [-0.3, -0.25) is 0 Å². The van der Waals surface area contributed by atoms with Crippen LogP contribution in [0.5, 0.6) is 0 Å². The van der Waals surface area contributed by atoms with Gasteiger partial charge in [0.25, 0.3) is 0 Å². The van der Waals surface area contributed by atoms with E-state index in [9.17, 15) is 4.21 Å². The van der Waals surface area contributed by atoms with Gasteiger partial charge in [-0.1, -0.05) is 30.3 Å². The quantitative estimate of drug-likeness (QED) is 0.802. The standard InChI is InChI=1S/C15H21NOS/c1-15(2,3)18(17)16-13-9-12(10-13)14(16)11-7-5-4-6-8-11/h4-8,12-14H,9-10H2,1-3H3/t12?,13?,14-,18-/m1/s1. The van der Waals surface area contributed by atoms with E-state index >= 15 is 0 Å². The maximum Gasteiger partial charge on any atom is 0.101 e. The highest BCUT2D eigenvalue weighted by Gasteiger charge is 2.54. The van der Waals surface area contributed by atoms with Crippen LogP contribution in [0.15, 0.2) is 30.3 Å². The molecular formula is C15H21NOS. The number of hydrogen-bond acceptors (Lipinski definition) is 1. The normalized spacial score (nSPS) is 33.2. The monoisotopic (exact) mass is 263 g/mol. The maximum absolute atomic E-state index is 12.7. The summed E-state index contributed by atoms with van der Waals surface area (Å²) < 4.78 is 14.8. The van der Waals surface area contributed by atoms with Crippen molar-refractivity contribution in [2.24, 2.45) is 5.92 Å². The van der Waals surface area contributed by atoms with Crippen molar-refractivity contribution in [2.45, 2.75) is 50.4 Å². The Balaban J connectivity index is 1.93. The predicted molar refractivity (Wildman–Crippen MR) is 75.4 cm³/mol. The van der Waals surface area contributed by atoms with Gasteiger partial charge in [0, 0.05) is 6.04 Å². The summed E-state index contributed by atoms with van der Waals surface area (Å²) in [6.45, 7) is 6.21. The third-order valence-electron chi connectivity index (χ3n) is 4.09. The summed E-state index contributed by atoms with van der Waals surface area (Å²) in [5.41, 5.74) is 1.33. The highest BCUT2D eigenvalue weighted by molar-refractivity contribution is 7.84. The SMILES string of the molecule is CC(C)(C)[S@@](=O)N1C2CC(C2)[C@H]1c1ccccc1. The molecule has 0 amide bonds. The van der Waals surface area contributed by atoms with Crippen molar-refractivity contribution >= 4 is 11.0 Å². The molecule has 1 aliphatic carbocycles. The van der Waals surface area contributed by atoms with Crippen LogP contribution >= 0.6 is 0 Å². The average Bonchev–Trinajstić information content (AvgIpc) is 2.81. The van der Waals surface area contributed by atoms with Crippen LogP contribution in [-0.4, -0.2) is 19.3 Å². The highest BCUT2D eigenvalue weighted by atomic mass is 32.2. The second-order valence-corrected chi connectivity index (χ2v) is 8.61. The smallest absolute Gasteiger partial charge is 0.101 e. The van der Waals surface area contributed by atoms with Gasteiger partial charge in [-0.15, -0.1) is 0 Å². The number of hydrogen-bond donors (Lipinski definition) is 0. The van der Waals surface area contributed by atoms with Crippen molar-refractivity contribution in [3.05, 3.63) is 35.9 Å². The number of nitrogens with zero attached hydrogens (tertiary/aromatic N) is 1. The molecule has 2 aliphatic heterocycles. The van der Waals surface area contributed by atoms with Crippen LogP contribution in [0.25, 0.3) is 0 Å². The number of rotatable bonds is 2. The van der Waals surface area contributed by atoms with E-state index in [2.05, 4.69) is 49.3 Å². The van der Waals surface area contributed by atoms with Gasteiger partial charge in [0.15, 0.2) is 0 Å². The van der Waals surface area contributed by atoms with E-state index < -0.39 is 11.0 Å². The summed E-state index contributed by atoms with van der Waals surface area (Å²) in [4.78, 5) is 0. The molecule has 1 aromatic rings. The van der Waals surface area contributed by atoms with E-state index in [4.69, 9.17) is 0 Å². The summed E-state index contributed by atoms with van der Waals surface area (Å²) in [5.74, 6) is 0.712. The van der Waals surface area contributed by atoms with E-state index in [1.807, 2.05) is 6.07 Å².